The molecule has 1 amide bonds. The van der Waals surface area contributed by atoms with Crippen LogP contribution in [0.3, 0.4) is 0 Å². The SMILES string of the molecule is COc1ccc(/C=C2\SC(=NCc3ccc(OC)c(OC)c3)NC2=O)cc1O. The summed E-state index contributed by atoms with van der Waals surface area (Å²) in [6, 6.07) is 10.5. The monoisotopic (exact) mass is 400 g/mol. The van der Waals surface area contributed by atoms with E-state index >= 15 is 0 Å². The van der Waals surface area contributed by atoms with Gasteiger partial charge in [-0.25, -0.2) is 0 Å². The fourth-order valence-corrected chi connectivity index (χ4v) is 3.41. The minimum absolute atomic E-state index is 0.0163. The molecular formula is C20H20N2O5S. The van der Waals surface area contributed by atoms with Gasteiger partial charge in [0.05, 0.1) is 32.8 Å². The maximum atomic E-state index is 12.2. The van der Waals surface area contributed by atoms with Gasteiger partial charge >= 0.3 is 0 Å². The van der Waals surface area contributed by atoms with Crippen LogP contribution in [0.25, 0.3) is 6.08 Å². The van der Waals surface area contributed by atoms with E-state index in [0.717, 1.165) is 5.56 Å². The Morgan fingerprint density at radius 2 is 1.75 bits per heavy atom. The van der Waals surface area contributed by atoms with Gasteiger partial charge in [0.2, 0.25) is 0 Å². The fourth-order valence-electron chi connectivity index (χ4n) is 2.59. The standard InChI is InChI=1S/C20H20N2O5S/c1-25-15-6-4-12(8-14(15)23)10-18-19(24)22-20(28-18)21-11-13-5-7-16(26-2)17(9-13)27-3/h4-10,23H,11H2,1-3H3,(H,21,22,24)/b18-10-. The van der Waals surface area contributed by atoms with Crippen molar-refractivity contribution in [2.45, 2.75) is 6.54 Å². The highest BCUT2D eigenvalue weighted by molar-refractivity contribution is 8.18. The molecule has 1 saturated heterocycles. The van der Waals surface area contributed by atoms with Crippen LogP contribution in [-0.4, -0.2) is 37.5 Å². The Hall–Kier alpha value is -3.13. The lowest BCUT2D eigenvalue weighted by Crippen LogP contribution is -2.19. The van der Waals surface area contributed by atoms with Gasteiger partial charge in [0.1, 0.15) is 0 Å². The molecule has 0 radical (unpaired) electrons. The predicted octanol–water partition coefficient (Wildman–Crippen LogP) is 3.18. The van der Waals surface area contributed by atoms with Gasteiger partial charge in [-0.3, -0.25) is 9.79 Å². The molecule has 1 aliphatic heterocycles. The number of aliphatic imine (C=N–C) groups is 1. The average molecular weight is 400 g/mol. The van der Waals surface area contributed by atoms with Crippen molar-refractivity contribution in [1.29, 1.82) is 0 Å². The molecule has 0 bridgehead atoms. The Balaban J connectivity index is 1.72. The molecule has 0 saturated carbocycles. The number of rotatable bonds is 6. The van der Waals surface area contributed by atoms with Crippen molar-refractivity contribution >= 4 is 28.9 Å². The molecule has 3 rings (SSSR count). The topological polar surface area (TPSA) is 89.4 Å². The molecule has 0 aromatic heterocycles. The smallest absolute Gasteiger partial charge is 0.264 e. The Morgan fingerprint density at radius 3 is 2.43 bits per heavy atom. The molecule has 0 aliphatic carbocycles. The first kappa shape index (κ1) is 19.6. The van der Waals surface area contributed by atoms with Crippen LogP contribution in [-0.2, 0) is 11.3 Å². The van der Waals surface area contributed by atoms with E-state index in [1.54, 1.807) is 38.5 Å². The highest BCUT2D eigenvalue weighted by Crippen LogP contribution is 2.31. The molecular weight excluding hydrogens is 380 g/mol. The highest BCUT2D eigenvalue weighted by Gasteiger charge is 2.23. The number of phenolic OH excluding ortho intramolecular Hbond substituents is 1. The zero-order chi connectivity index (χ0) is 20.1. The lowest BCUT2D eigenvalue weighted by atomic mass is 10.2. The number of benzene rings is 2. The van der Waals surface area contributed by atoms with Gasteiger partial charge in [-0.05, 0) is 53.2 Å². The van der Waals surface area contributed by atoms with Crippen LogP contribution in [0.5, 0.6) is 23.0 Å². The number of amides is 1. The number of methoxy groups -OCH3 is 3. The number of carbonyl (C=O) groups is 1. The molecule has 2 aromatic rings. The number of carbonyl (C=O) groups excluding carboxylic acids is 1. The summed E-state index contributed by atoms with van der Waals surface area (Å²) in [6.45, 7) is 0.388. The molecule has 2 N–H and O–H groups in total. The Kier molecular flexibility index (Phi) is 6.10. The van der Waals surface area contributed by atoms with Gasteiger partial charge in [-0.1, -0.05) is 12.1 Å². The molecule has 1 fully saturated rings. The van der Waals surface area contributed by atoms with E-state index in [1.807, 2.05) is 18.2 Å². The van der Waals surface area contributed by atoms with Crippen LogP contribution in [0, 0.1) is 0 Å². The van der Waals surface area contributed by atoms with E-state index in [4.69, 9.17) is 14.2 Å². The van der Waals surface area contributed by atoms with Gasteiger partial charge < -0.3 is 24.6 Å². The molecule has 28 heavy (non-hydrogen) atoms. The molecule has 0 spiro atoms. The molecule has 1 heterocycles. The molecule has 8 heteroatoms. The maximum absolute atomic E-state index is 12.2. The third-order valence-corrected chi connectivity index (χ3v) is 4.95. The normalized spacial score (nSPS) is 16.3. The first-order chi connectivity index (χ1) is 13.5. The highest BCUT2D eigenvalue weighted by atomic mass is 32.2. The van der Waals surface area contributed by atoms with Crippen molar-refractivity contribution < 1.29 is 24.1 Å². The third kappa shape index (κ3) is 4.40. The van der Waals surface area contributed by atoms with Crippen LogP contribution in [0.1, 0.15) is 11.1 Å². The van der Waals surface area contributed by atoms with Crippen molar-refractivity contribution in [2.24, 2.45) is 4.99 Å². The van der Waals surface area contributed by atoms with Crippen LogP contribution < -0.4 is 19.5 Å². The van der Waals surface area contributed by atoms with E-state index in [0.29, 0.717) is 39.4 Å². The van der Waals surface area contributed by atoms with Crippen LogP contribution in [0.15, 0.2) is 46.3 Å². The van der Waals surface area contributed by atoms with Crippen LogP contribution in [0.4, 0.5) is 0 Å². The molecule has 2 aromatic carbocycles. The molecule has 1 aliphatic rings. The van der Waals surface area contributed by atoms with Gasteiger partial charge in [0.15, 0.2) is 28.2 Å². The van der Waals surface area contributed by atoms with Crippen molar-refractivity contribution in [1.82, 2.24) is 5.32 Å². The molecule has 0 unspecified atom stereocenters. The van der Waals surface area contributed by atoms with Gasteiger partial charge in [-0.2, -0.15) is 0 Å². The fraction of sp³-hybridized carbons (Fsp3) is 0.200. The number of amidine groups is 1. The quantitative estimate of drug-likeness (QED) is 0.724. The second kappa shape index (κ2) is 8.71. The van der Waals surface area contributed by atoms with Gasteiger partial charge in [-0.15, -0.1) is 0 Å². The summed E-state index contributed by atoms with van der Waals surface area (Å²) in [6.07, 6.45) is 1.69. The van der Waals surface area contributed by atoms with E-state index in [9.17, 15) is 9.90 Å². The lowest BCUT2D eigenvalue weighted by molar-refractivity contribution is -0.115. The second-order valence-corrected chi connectivity index (χ2v) is 6.84. The Morgan fingerprint density at radius 1 is 1.04 bits per heavy atom. The minimum atomic E-state index is -0.230. The number of hydrogen-bond acceptors (Lipinski definition) is 7. The second-order valence-electron chi connectivity index (χ2n) is 5.81. The zero-order valence-corrected chi connectivity index (χ0v) is 16.5. The van der Waals surface area contributed by atoms with Crippen LogP contribution in [0.2, 0.25) is 0 Å². The molecule has 146 valence electrons. The summed E-state index contributed by atoms with van der Waals surface area (Å²) in [5.74, 6) is 1.44. The number of thioether (sulfide) groups is 1. The van der Waals surface area contributed by atoms with Crippen molar-refractivity contribution in [3.05, 3.63) is 52.4 Å². The average Bonchev–Trinajstić information content (AvgIpc) is 3.05. The minimum Gasteiger partial charge on any atom is -0.504 e. The largest absolute Gasteiger partial charge is 0.504 e. The van der Waals surface area contributed by atoms with Crippen molar-refractivity contribution in [2.75, 3.05) is 21.3 Å². The summed E-state index contributed by atoms with van der Waals surface area (Å²) in [4.78, 5) is 17.1. The summed E-state index contributed by atoms with van der Waals surface area (Å²) in [7, 11) is 4.64. The number of nitrogens with one attached hydrogen (secondary N) is 1. The van der Waals surface area contributed by atoms with Crippen molar-refractivity contribution in [3.8, 4) is 23.0 Å². The number of aromatic hydroxyl groups is 1. The number of nitrogens with zero attached hydrogens (tertiary/aromatic N) is 1. The van der Waals surface area contributed by atoms with E-state index in [-0.39, 0.29) is 11.7 Å². The number of ether oxygens (including phenoxy) is 3. The maximum Gasteiger partial charge on any atom is 0.264 e. The van der Waals surface area contributed by atoms with Gasteiger partial charge in [0, 0.05) is 0 Å². The third-order valence-electron chi connectivity index (χ3n) is 4.00. The Bertz CT molecular complexity index is 956. The van der Waals surface area contributed by atoms with E-state index in [1.165, 1.54) is 18.9 Å². The predicted molar refractivity (Wildman–Crippen MR) is 109 cm³/mol. The zero-order valence-electron chi connectivity index (χ0n) is 15.7. The summed E-state index contributed by atoms with van der Waals surface area (Å²) in [5.41, 5.74) is 1.62. The van der Waals surface area contributed by atoms with Crippen LogP contribution >= 0.6 is 11.8 Å². The summed E-state index contributed by atoms with van der Waals surface area (Å²) in [5, 5.41) is 13.1. The first-order valence-electron chi connectivity index (χ1n) is 8.37. The Labute approximate surface area is 167 Å². The number of hydrogen-bond donors (Lipinski definition) is 2. The van der Waals surface area contributed by atoms with E-state index < -0.39 is 0 Å². The first-order valence-corrected chi connectivity index (χ1v) is 9.19. The molecule has 0 atom stereocenters. The lowest BCUT2D eigenvalue weighted by Gasteiger charge is -2.08. The summed E-state index contributed by atoms with van der Waals surface area (Å²) < 4.78 is 15.5. The van der Waals surface area contributed by atoms with Crippen molar-refractivity contribution in [3.63, 3.8) is 0 Å². The molecule has 7 nitrogen and oxygen atoms in total. The summed E-state index contributed by atoms with van der Waals surface area (Å²) >= 11 is 1.25. The number of phenols is 1. The van der Waals surface area contributed by atoms with E-state index in [2.05, 4.69) is 10.3 Å². The van der Waals surface area contributed by atoms with Gasteiger partial charge in [0.25, 0.3) is 5.91 Å².